The maximum absolute atomic E-state index is 11.8. The lowest BCUT2D eigenvalue weighted by molar-refractivity contribution is -0.115. The van der Waals surface area contributed by atoms with E-state index in [0.717, 1.165) is 11.1 Å². The van der Waals surface area contributed by atoms with Crippen molar-refractivity contribution in [3.63, 3.8) is 0 Å². The first kappa shape index (κ1) is 12.2. The Morgan fingerprint density at radius 3 is 2.33 bits per heavy atom. The molecule has 0 radical (unpaired) electrons. The predicted molar refractivity (Wildman–Crippen MR) is 71.9 cm³/mol. The zero-order valence-electron chi connectivity index (χ0n) is 10.4. The second-order valence-corrected chi connectivity index (χ2v) is 4.35. The quantitative estimate of drug-likeness (QED) is 0.742. The fraction of sp³-hybridized carbons (Fsp3) is 0.125. The van der Waals surface area contributed by atoms with Gasteiger partial charge in [-0.15, -0.1) is 0 Å². The largest absolute Gasteiger partial charge is 0.290 e. The Balaban J connectivity index is 2.33. The van der Waals surface area contributed by atoms with E-state index in [9.17, 15) is 9.59 Å². The van der Waals surface area contributed by atoms with Gasteiger partial charge >= 0.3 is 0 Å². The van der Waals surface area contributed by atoms with Crippen LogP contribution in [0.15, 0.2) is 59.2 Å². The number of carbonyl (C=O) groups excluding carboxylic acids is 2. The van der Waals surface area contributed by atoms with Crippen molar-refractivity contribution >= 4 is 17.6 Å². The van der Waals surface area contributed by atoms with Crippen molar-refractivity contribution in [2.24, 2.45) is 0 Å². The summed E-state index contributed by atoms with van der Waals surface area (Å²) in [5.41, 5.74) is 2.80. The Labute approximate surface area is 106 Å². The molecule has 1 aromatic carbocycles. The lowest BCUT2D eigenvalue weighted by Gasteiger charge is -2.10. The number of benzene rings is 1. The van der Waals surface area contributed by atoms with Crippen molar-refractivity contribution in [3.05, 3.63) is 64.8 Å². The molecule has 0 unspecified atom stereocenters. The fourth-order valence-corrected chi connectivity index (χ4v) is 1.85. The predicted octanol–water partition coefficient (Wildman–Crippen LogP) is 3.11. The van der Waals surface area contributed by atoms with Gasteiger partial charge in [0.1, 0.15) is 0 Å². The number of ketones is 2. The zero-order valence-corrected chi connectivity index (χ0v) is 10.4. The Morgan fingerprint density at radius 2 is 1.67 bits per heavy atom. The Morgan fingerprint density at radius 1 is 1.00 bits per heavy atom. The highest BCUT2D eigenvalue weighted by atomic mass is 16.1. The standard InChI is InChI=1S/C16H14O2/c1-11(8-13-6-4-3-5-7-13)14-10-15(17)12(2)9-16(14)18/h3-10H,1-2H3/b11-8+. The lowest BCUT2D eigenvalue weighted by Crippen LogP contribution is -2.12. The summed E-state index contributed by atoms with van der Waals surface area (Å²) in [7, 11) is 0. The van der Waals surface area contributed by atoms with Crippen LogP contribution < -0.4 is 0 Å². The minimum Gasteiger partial charge on any atom is -0.290 e. The number of hydrogen-bond acceptors (Lipinski definition) is 2. The molecule has 2 nitrogen and oxygen atoms in total. The molecule has 1 aliphatic carbocycles. The second-order valence-electron chi connectivity index (χ2n) is 4.35. The summed E-state index contributed by atoms with van der Waals surface area (Å²) in [5.74, 6) is -0.192. The third kappa shape index (κ3) is 2.54. The third-order valence-corrected chi connectivity index (χ3v) is 2.88. The minimum atomic E-state index is -0.100. The van der Waals surface area contributed by atoms with Crippen molar-refractivity contribution in [2.75, 3.05) is 0 Å². The molecule has 1 aliphatic rings. The van der Waals surface area contributed by atoms with Crippen LogP contribution >= 0.6 is 0 Å². The molecule has 0 atom stereocenters. The molecule has 90 valence electrons. The van der Waals surface area contributed by atoms with Crippen LogP contribution in [0.4, 0.5) is 0 Å². The zero-order chi connectivity index (χ0) is 13.1. The highest BCUT2D eigenvalue weighted by molar-refractivity contribution is 6.21. The molecule has 2 heteroatoms. The number of rotatable bonds is 2. The van der Waals surface area contributed by atoms with E-state index < -0.39 is 0 Å². The van der Waals surface area contributed by atoms with Crippen molar-refractivity contribution in [2.45, 2.75) is 13.8 Å². The van der Waals surface area contributed by atoms with E-state index in [0.29, 0.717) is 11.1 Å². The molecule has 0 aliphatic heterocycles. The van der Waals surface area contributed by atoms with Gasteiger partial charge in [-0.05, 0) is 37.1 Å². The van der Waals surface area contributed by atoms with Gasteiger partial charge in [0.2, 0.25) is 0 Å². The van der Waals surface area contributed by atoms with E-state index in [1.807, 2.05) is 43.3 Å². The second kappa shape index (κ2) is 4.96. The van der Waals surface area contributed by atoms with Gasteiger partial charge in [0.05, 0.1) is 0 Å². The van der Waals surface area contributed by atoms with Crippen molar-refractivity contribution in [1.29, 1.82) is 0 Å². The topological polar surface area (TPSA) is 34.1 Å². The van der Waals surface area contributed by atoms with Crippen LogP contribution in [0, 0.1) is 0 Å². The van der Waals surface area contributed by atoms with Crippen LogP contribution in [0.1, 0.15) is 19.4 Å². The van der Waals surface area contributed by atoms with Gasteiger partial charge in [0.15, 0.2) is 11.6 Å². The van der Waals surface area contributed by atoms with Gasteiger partial charge in [-0.1, -0.05) is 36.4 Å². The first-order valence-electron chi connectivity index (χ1n) is 5.80. The van der Waals surface area contributed by atoms with Crippen LogP contribution in [-0.4, -0.2) is 11.6 Å². The molecule has 1 aromatic rings. The normalized spacial score (nSPS) is 16.4. The molecule has 0 fully saturated rings. The summed E-state index contributed by atoms with van der Waals surface area (Å²) < 4.78 is 0. The molecular formula is C16H14O2. The minimum absolute atomic E-state index is 0.0922. The molecule has 0 heterocycles. The average molecular weight is 238 g/mol. The number of allylic oxidation sites excluding steroid dienone is 5. The smallest absolute Gasteiger partial charge is 0.186 e. The first-order valence-corrected chi connectivity index (χ1v) is 5.80. The molecule has 0 aromatic heterocycles. The molecule has 0 N–H and O–H groups in total. The van der Waals surface area contributed by atoms with E-state index in [1.54, 1.807) is 6.92 Å². The maximum atomic E-state index is 11.8. The molecular weight excluding hydrogens is 224 g/mol. The summed E-state index contributed by atoms with van der Waals surface area (Å²) in [5, 5.41) is 0. The van der Waals surface area contributed by atoms with E-state index in [-0.39, 0.29) is 11.6 Å². The van der Waals surface area contributed by atoms with E-state index >= 15 is 0 Å². The summed E-state index contributed by atoms with van der Waals surface area (Å²) in [6, 6.07) is 9.73. The molecule has 0 saturated carbocycles. The molecule has 2 rings (SSSR count). The van der Waals surface area contributed by atoms with Crippen molar-refractivity contribution < 1.29 is 9.59 Å². The van der Waals surface area contributed by atoms with Crippen LogP contribution in [-0.2, 0) is 9.59 Å². The van der Waals surface area contributed by atoms with Crippen LogP contribution in [0.2, 0.25) is 0 Å². The molecule has 0 spiro atoms. The van der Waals surface area contributed by atoms with Gasteiger partial charge in [-0.3, -0.25) is 9.59 Å². The highest BCUT2D eigenvalue weighted by Gasteiger charge is 2.18. The van der Waals surface area contributed by atoms with Gasteiger partial charge in [0, 0.05) is 11.1 Å². The Kier molecular flexibility index (Phi) is 3.38. The average Bonchev–Trinajstić information content (AvgIpc) is 2.35. The van der Waals surface area contributed by atoms with E-state index in [4.69, 9.17) is 0 Å². The van der Waals surface area contributed by atoms with Gasteiger partial charge in [-0.2, -0.15) is 0 Å². The first-order chi connectivity index (χ1) is 8.58. The molecule has 18 heavy (non-hydrogen) atoms. The van der Waals surface area contributed by atoms with Crippen LogP contribution in [0.5, 0.6) is 0 Å². The van der Waals surface area contributed by atoms with Gasteiger partial charge in [-0.25, -0.2) is 0 Å². The fourth-order valence-electron chi connectivity index (χ4n) is 1.85. The summed E-state index contributed by atoms with van der Waals surface area (Å²) in [6.45, 7) is 3.50. The Bertz CT molecular complexity index is 587. The number of carbonyl (C=O) groups is 2. The summed E-state index contributed by atoms with van der Waals surface area (Å²) in [4.78, 5) is 23.4. The maximum Gasteiger partial charge on any atom is 0.186 e. The third-order valence-electron chi connectivity index (χ3n) is 2.88. The SMILES string of the molecule is CC1=CC(=O)C(/C(C)=C/c2ccccc2)=CC1=O. The summed E-state index contributed by atoms with van der Waals surface area (Å²) >= 11 is 0. The molecule has 0 amide bonds. The Hall–Kier alpha value is -2.22. The molecule has 0 bridgehead atoms. The van der Waals surface area contributed by atoms with E-state index in [1.165, 1.54) is 12.2 Å². The molecule has 0 saturated heterocycles. The van der Waals surface area contributed by atoms with Crippen LogP contribution in [0.3, 0.4) is 0 Å². The highest BCUT2D eigenvalue weighted by Crippen LogP contribution is 2.20. The van der Waals surface area contributed by atoms with Crippen molar-refractivity contribution in [3.8, 4) is 0 Å². The lowest BCUT2D eigenvalue weighted by atomic mass is 9.92. The summed E-state index contributed by atoms with van der Waals surface area (Å²) in [6.07, 6.45) is 4.73. The van der Waals surface area contributed by atoms with Gasteiger partial charge < -0.3 is 0 Å². The monoisotopic (exact) mass is 238 g/mol. The van der Waals surface area contributed by atoms with E-state index in [2.05, 4.69) is 0 Å². The van der Waals surface area contributed by atoms with Gasteiger partial charge in [0.25, 0.3) is 0 Å². The van der Waals surface area contributed by atoms with Crippen LogP contribution in [0.25, 0.3) is 6.08 Å². The number of hydrogen-bond donors (Lipinski definition) is 0. The van der Waals surface area contributed by atoms with Crippen molar-refractivity contribution in [1.82, 2.24) is 0 Å².